The molecule has 102 valence electrons. The molecule has 0 radical (unpaired) electrons. The third kappa shape index (κ3) is 3.78. The second-order valence-electron chi connectivity index (χ2n) is 5.65. The Hall–Kier alpha value is -1.39. The van der Waals surface area contributed by atoms with E-state index in [0.29, 0.717) is 10.8 Å². The lowest BCUT2D eigenvalue weighted by molar-refractivity contribution is 0.424. The van der Waals surface area contributed by atoms with Crippen molar-refractivity contribution in [2.75, 3.05) is 0 Å². The van der Waals surface area contributed by atoms with Crippen molar-refractivity contribution in [3.8, 4) is 5.82 Å². The highest BCUT2D eigenvalue weighted by Crippen LogP contribution is 2.19. The fourth-order valence-corrected chi connectivity index (χ4v) is 1.91. The first-order chi connectivity index (χ1) is 8.85. The Kier molecular flexibility index (Phi) is 3.92. The summed E-state index contributed by atoms with van der Waals surface area (Å²) in [4.78, 5) is 4.39. The van der Waals surface area contributed by atoms with Crippen LogP contribution in [0.1, 0.15) is 32.0 Å². The van der Waals surface area contributed by atoms with Crippen LogP contribution in [0.3, 0.4) is 0 Å². The second kappa shape index (κ2) is 5.31. The summed E-state index contributed by atoms with van der Waals surface area (Å²) in [5.41, 5.74) is 2.08. The first kappa shape index (κ1) is 14.0. The predicted octanol–water partition coefficient (Wildman–Crippen LogP) is 3.12. The van der Waals surface area contributed by atoms with Gasteiger partial charge in [0.2, 0.25) is 0 Å². The molecule has 0 aromatic carbocycles. The van der Waals surface area contributed by atoms with Crippen LogP contribution in [0.25, 0.3) is 5.82 Å². The van der Waals surface area contributed by atoms with Gasteiger partial charge in [-0.1, -0.05) is 11.6 Å². The summed E-state index contributed by atoms with van der Waals surface area (Å²) in [6, 6.07) is 3.85. The summed E-state index contributed by atoms with van der Waals surface area (Å²) < 4.78 is 1.69. The molecule has 0 atom stereocenters. The largest absolute Gasteiger partial charge is 0.308 e. The molecule has 0 fully saturated rings. The summed E-state index contributed by atoms with van der Waals surface area (Å²) in [5, 5.41) is 8.33. The highest BCUT2D eigenvalue weighted by molar-refractivity contribution is 6.32. The van der Waals surface area contributed by atoms with Crippen LogP contribution < -0.4 is 5.32 Å². The normalized spacial score (nSPS) is 11.8. The molecule has 19 heavy (non-hydrogen) atoms. The van der Waals surface area contributed by atoms with Crippen LogP contribution in [0.4, 0.5) is 0 Å². The average molecular weight is 279 g/mol. The Bertz CT molecular complexity index is 569. The zero-order chi connectivity index (χ0) is 14.0. The van der Waals surface area contributed by atoms with Crippen molar-refractivity contribution in [3.05, 3.63) is 40.8 Å². The number of halogens is 1. The number of hydrogen-bond donors (Lipinski definition) is 1. The van der Waals surface area contributed by atoms with Crippen molar-refractivity contribution in [3.63, 3.8) is 0 Å². The maximum atomic E-state index is 6.27. The molecule has 2 heterocycles. The highest BCUT2D eigenvalue weighted by Gasteiger charge is 2.11. The van der Waals surface area contributed by atoms with Crippen molar-refractivity contribution >= 4 is 11.6 Å². The van der Waals surface area contributed by atoms with Crippen LogP contribution in [-0.4, -0.2) is 20.3 Å². The van der Waals surface area contributed by atoms with Gasteiger partial charge in [0, 0.05) is 24.5 Å². The third-order valence-electron chi connectivity index (χ3n) is 2.64. The monoisotopic (exact) mass is 278 g/mol. The number of nitrogens with zero attached hydrogens (tertiary/aromatic N) is 3. The molecule has 0 saturated heterocycles. The van der Waals surface area contributed by atoms with Crippen LogP contribution in [0, 0.1) is 6.92 Å². The molecule has 0 bridgehead atoms. The number of rotatable bonds is 3. The maximum Gasteiger partial charge on any atom is 0.172 e. The lowest BCUT2D eigenvalue weighted by Crippen LogP contribution is -2.35. The number of nitrogens with one attached hydrogen (secondary N) is 1. The minimum atomic E-state index is 0.0737. The van der Waals surface area contributed by atoms with E-state index in [1.54, 1.807) is 4.68 Å². The predicted molar refractivity (Wildman–Crippen MR) is 77.7 cm³/mol. The number of hydrogen-bond acceptors (Lipinski definition) is 3. The van der Waals surface area contributed by atoms with E-state index >= 15 is 0 Å². The second-order valence-corrected chi connectivity index (χ2v) is 6.06. The standard InChI is InChI=1S/C14H19ClN4/c1-10-5-6-19(18-10)13-12(15)7-11(8-16-13)9-17-14(2,3)4/h5-8,17H,9H2,1-4H3. The van der Waals surface area contributed by atoms with Gasteiger partial charge in [0.25, 0.3) is 0 Å². The Balaban J connectivity index is 2.18. The molecule has 1 N–H and O–H groups in total. The fourth-order valence-electron chi connectivity index (χ4n) is 1.64. The van der Waals surface area contributed by atoms with Gasteiger partial charge in [0.15, 0.2) is 5.82 Å². The number of aromatic nitrogens is 3. The first-order valence-corrected chi connectivity index (χ1v) is 6.65. The SMILES string of the molecule is Cc1ccn(-c2ncc(CNC(C)(C)C)cc2Cl)n1. The van der Waals surface area contributed by atoms with E-state index in [-0.39, 0.29) is 5.54 Å². The smallest absolute Gasteiger partial charge is 0.172 e. The van der Waals surface area contributed by atoms with Gasteiger partial charge >= 0.3 is 0 Å². The molecule has 2 aromatic heterocycles. The minimum absolute atomic E-state index is 0.0737. The zero-order valence-electron chi connectivity index (χ0n) is 11.7. The van der Waals surface area contributed by atoms with Crippen LogP contribution >= 0.6 is 11.6 Å². The minimum Gasteiger partial charge on any atom is -0.308 e. The fraction of sp³-hybridized carbons (Fsp3) is 0.429. The van der Waals surface area contributed by atoms with Crippen LogP contribution in [-0.2, 0) is 6.54 Å². The summed E-state index contributed by atoms with van der Waals surface area (Å²) in [6.45, 7) is 9.06. The lowest BCUT2D eigenvalue weighted by atomic mass is 10.1. The average Bonchev–Trinajstić information content (AvgIpc) is 2.72. The van der Waals surface area contributed by atoms with Crippen molar-refractivity contribution in [2.45, 2.75) is 39.8 Å². The van der Waals surface area contributed by atoms with E-state index in [1.165, 1.54) is 0 Å². The molecule has 2 aromatic rings. The molecule has 4 nitrogen and oxygen atoms in total. The molecular formula is C14H19ClN4. The summed E-state index contributed by atoms with van der Waals surface area (Å²) >= 11 is 6.27. The molecule has 0 unspecified atom stereocenters. The highest BCUT2D eigenvalue weighted by atomic mass is 35.5. The summed E-state index contributed by atoms with van der Waals surface area (Å²) in [7, 11) is 0. The van der Waals surface area contributed by atoms with Gasteiger partial charge in [0.1, 0.15) is 0 Å². The topological polar surface area (TPSA) is 42.7 Å². The van der Waals surface area contributed by atoms with E-state index in [1.807, 2.05) is 31.5 Å². The van der Waals surface area contributed by atoms with Gasteiger partial charge in [-0.05, 0) is 45.4 Å². The van der Waals surface area contributed by atoms with E-state index in [4.69, 9.17) is 11.6 Å². The Labute approximate surface area is 118 Å². The van der Waals surface area contributed by atoms with Gasteiger partial charge in [-0.15, -0.1) is 0 Å². The summed E-state index contributed by atoms with van der Waals surface area (Å²) in [5.74, 6) is 0.661. The molecule has 0 spiro atoms. The molecule has 0 aliphatic heterocycles. The maximum absolute atomic E-state index is 6.27. The molecule has 5 heteroatoms. The van der Waals surface area contributed by atoms with Gasteiger partial charge in [-0.3, -0.25) is 0 Å². The molecule has 0 saturated carbocycles. The third-order valence-corrected chi connectivity index (χ3v) is 2.92. The Morgan fingerprint density at radius 2 is 2.11 bits per heavy atom. The molecular weight excluding hydrogens is 260 g/mol. The molecule has 0 amide bonds. The van der Waals surface area contributed by atoms with Crippen molar-refractivity contribution in [1.82, 2.24) is 20.1 Å². The van der Waals surface area contributed by atoms with Crippen molar-refractivity contribution in [1.29, 1.82) is 0 Å². The summed E-state index contributed by atoms with van der Waals surface area (Å²) in [6.07, 6.45) is 3.69. The van der Waals surface area contributed by atoms with Gasteiger partial charge in [-0.2, -0.15) is 5.10 Å². The Morgan fingerprint density at radius 1 is 1.37 bits per heavy atom. The van der Waals surface area contributed by atoms with E-state index in [9.17, 15) is 0 Å². The molecule has 0 aliphatic rings. The Morgan fingerprint density at radius 3 is 2.63 bits per heavy atom. The van der Waals surface area contributed by atoms with E-state index < -0.39 is 0 Å². The zero-order valence-corrected chi connectivity index (χ0v) is 12.5. The van der Waals surface area contributed by atoms with Crippen LogP contribution in [0.5, 0.6) is 0 Å². The first-order valence-electron chi connectivity index (χ1n) is 6.27. The van der Waals surface area contributed by atoms with Crippen LogP contribution in [0.15, 0.2) is 24.5 Å². The van der Waals surface area contributed by atoms with Crippen molar-refractivity contribution < 1.29 is 0 Å². The lowest BCUT2D eigenvalue weighted by Gasteiger charge is -2.20. The van der Waals surface area contributed by atoms with Crippen LogP contribution in [0.2, 0.25) is 5.02 Å². The molecule has 0 aliphatic carbocycles. The number of pyridine rings is 1. The van der Waals surface area contributed by atoms with E-state index in [2.05, 4.69) is 36.2 Å². The number of aryl methyl sites for hydroxylation is 1. The van der Waals surface area contributed by atoms with Gasteiger partial charge < -0.3 is 5.32 Å². The van der Waals surface area contributed by atoms with Crippen molar-refractivity contribution in [2.24, 2.45) is 0 Å². The van der Waals surface area contributed by atoms with Gasteiger partial charge in [0.05, 0.1) is 10.7 Å². The van der Waals surface area contributed by atoms with E-state index in [0.717, 1.165) is 17.8 Å². The van der Waals surface area contributed by atoms with Gasteiger partial charge in [-0.25, -0.2) is 9.67 Å². The quantitative estimate of drug-likeness (QED) is 0.938. The molecule has 2 rings (SSSR count).